The quantitative estimate of drug-likeness (QED) is 0.495. The van der Waals surface area contributed by atoms with Crippen LogP contribution in [0.15, 0.2) is 77.6 Å². The first-order valence-electron chi connectivity index (χ1n) is 9.87. The number of pyridine rings is 1. The molecule has 1 unspecified atom stereocenters. The van der Waals surface area contributed by atoms with E-state index in [0.29, 0.717) is 17.3 Å². The third kappa shape index (κ3) is 3.51. The van der Waals surface area contributed by atoms with Gasteiger partial charge in [0.2, 0.25) is 5.95 Å². The molecule has 0 aliphatic carbocycles. The number of aryl methyl sites for hydroxylation is 1. The molecule has 0 spiro atoms. The van der Waals surface area contributed by atoms with Gasteiger partial charge in [0.1, 0.15) is 6.04 Å². The van der Waals surface area contributed by atoms with Gasteiger partial charge in [-0.3, -0.25) is 9.78 Å². The first-order chi connectivity index (χ1) is 15.1. The SMILES string of the molecule is CC1=C(C(=O)Nc2ccccc2)C(c2sccc2C)n2nc(-c3cccnc3)nc2N1. The van der Waals surface area contributed by atoms with Crippen LogP contribution in [0, 0.1) is 6.92 Å². The molecule has 1 aliphatic rings. The van der Waals surface area contributed by atoms with Crippen LogP contribution in [0.5, 0.6) is 0 Å². The second-order valence-corrected chi connectivity index (χ2v) is 8.25. The third-order valence-electron chi connectivity index (χ3n) is 5.20. The molecular formula is C23H20N6OS. The topological polar surface area (TPSA) is 84.7 Å². The number of nitrogens with one attached hydrogen (secondary N) is 2. The largest absolute Gasteiger partial charge is 0.328 e. The minimum atomic E-state index is -0.377. The van der Waals surface area contributed by atoms with Crippen LogP contribution in [-0.2, 0) is 4.79 Å². The Labute approximate surface area is 183 Å². The summed E-state index contributed by atoms with van der Waals surface area (Å²) in [5.74, 6) is 0.996. The number of hydrogen-bond acceptors (Lipinski definition) is 6. The number of hydrogen-bond donors (Lipinski definition) is 2. The summed E-state index contributed by atoms with van der Waals surface area (Å²) in [4.78, 5) is 23.3. The number of para-hydroxylation sites is 1. The first kappa shape index (κ1) is 19.2. The molecule has 4 aromatic rings. The molecule has 1 amide bonds. The summed E-state index contributed by atoms with van der Waals surface area (Å²) in [5, 5.41) is 13.1. The highest BCUT2D eigenvalue weighted by molar-refractivity contribution is 7.10. The Morgan fingerprint density at radius 3 is 2.68 bits per heavy atom. The Kier molecular flexibility index (Phi) is 4.83. The molecule has 4 heterocycles. The molecule has 154 valence electrons. The number of nitrogens with zero attached hydrogens (tertiary/aromatic N) is 4. The standard InChI is InChI=1S/C23H20N6OS/c1-14-10-12-31-20(14)19-18(22(30)26-17-8-4-3-5-9-17)15(2)25-23-27-21(28-29(19)23)16-7-6-11-24-13-16/h3-13,19H,1-2H3,(H,26,30)(H,25,27,28). The highest BCUT2D eigenvalue weighted by Gasteiger charge is 2.36. The third-order valence-corrected chi connectivity index (χ3v) is 6.27. The van der Waals surface area contributed by atoms with Crippen molar-refractivity contribution in [2.45, 2.75) is 19.9 Å². The molecule has 7 nitrogen and oxygen atoms in total. The highest BCUT2D eigenvalue weighted by Crippen LogP contribution is 2.40. The van der Waals surface area contributed by atoms with Crippen molar-refractivity contribution in [1.29, 1.82) is 0 Å². The molecule has 3 aromatic heterocycles. The second-order valence-electron chi connectivity index (χ2n) is 7.30. The van der Waals surface area contributed by atoms with Crippen molar-refractivity contribution >= 4 is 28.9 Å². The lowest BCUT2D eigenvalue weighted by Gasteiger charge is -2.28. The van der Waals surface area contributed by atoms with Crippen molar-refractivity contribution in [3.63, 3.8) is 0 Å². The Morgan fingerprint density at radius 2 is 1.97 bits per heavy atom. The fraction of sp³-hybridized carbons (Fsp3) is 0.130. The zero-order valence-electron chi connectivity index (χ0n) is 17.0. The number of anilines is 2. The van der Waals surface area contributed by atoms with Crippen molar-refractivity contribution in [3.05, 3.63) is 88.0 Å². The van der Waals surface area contributed by atoms with Crippen molar-refractivity contribution in [3.8, 4) is 11.4 Å². The monoisotopic (exact) mass is 428 g/mol. The van der Waals surface area contributed by atoms with Gasteiger partial charge in [-0.2, -0.15) is 4.98 Å². The molecule has 0 saturated heterocycles. The molecule has 0 bridgehead atoms. The van der Waals surface area contributed by atoms with Crippen LogP contribution in [0.4, 0.5) is 11.6 Å². The van der Waals surface area contributed by atoms with Gasteiger partial charge < -0.3 is 10.6 Å². The van der Waals surface area contributed by atoms with E-state index >= 15 is 0 Å². The van der Waals surface area contributed by atoms with Crippen LogP contribution >= 0.6 is 11.3 Å². The molecule has 1 aromatic carbocycles. The van der Waals surface area contributed by atoms with Crippen molar-refractivity contribution in [2.24, 2.45) is 0 Å². The van der Waals surface area contributed by atoms with E-state index < -0.39 is 0 Å². The molecule has 0 fully saturated rings. The number of carbonyl (C=O) groups excluding carboxylic acids is 1. The molecule has 1 aliphatic heterocycles. The van der Waals surface area contributed by atoms with Gasteiger partial charge in [0.15, 0.2) is 5.82 Å². The fourth-order valence-electron chi connectivity index (χ4n) is 3.69. The summed E-state index contributed by atoms with van der Waals surface area (Å²) in [5.41, 5.74) is 4.04. The number of aromatic nitrogens is 4. The van der Waals surface area contributed by atoms with Crippen molar-refractivity contribution in [2.75, 3.05) is 10.6 Å². The van der Waals surface area contributed by atoms with Gasteiger partial charge in [-0.1, -0.05) is 18.2 Å². The van der Waals surface area contributed by atoms with E-state index in [9.17, 15) is 4.79 Å². The van der Waals surface area contributed by atoms with Crippen LogP contribution in [0.3, 0.4) is 0 Å². The van der Waals surface area contributed by atoms with Gasteiger partial charge in [-0.05, 0) is 55.1 Å². The average molecular weight is 429 g/mol. The number of rotatable bonds is 4. The number of carbonyl (C=O) groups is 1. The maximum atomic E-state index is 13.4. The number of amides is 1. The minimum absolute atomic E-state index is 0.168. The number of allylic oxidation sites excluding steroid dienone is 1. The van der Waals surface area contributed by atoms with Gasteiger partial charge in [-0.25, -0.2) is 4.68 Å². The van der Waals surface area contributed by atoms with Crippen LogP contribution in [-0.4, -0.2) is 25.7 Å². The molecule has 0 saturated carbocycles. The van der Waals surface area contributed by atoms with E-state index in [1.165, 1.54) is 0 Å². The van der Waals surface area contributed by atoms with E-state index in [4.69, 9.17) is 5.10 Å². The molecule has 1 atom stereocenters. The number of benzene rings is 1. The zero-order valence-corrected chi connectivity index (χ0v) is 17.9. The van der Waals surface area contributed by atoms with E-state index in [2.05, 4.69) is 33.6 Å². The van der Waals surface area contributed by atoms with E-state index in [1.54, 1.807) is 28.4 Å². The van der Waals surface area contributed by atoms with Crippen LogP contribution in [0.2, 0.25) is 0 Å². The molecule has 8 heteroatoms. The Morgan fingerprint density at radius 1 is 1.13 bits per heavy atom. The number of fused-ring (bicyclic) bond motifs is 1. The fourth-order valence-corrected chi connectivity index (χ4v) is 4.71. The van der Waals surface area contributed by atoms with Crippen molar-refractivity contribution < 1.29 is 4.79 Å². The lowest BCUT2D eigenvalue weighted by Crippen LogP contribution is -2.31. The van der Waals surface area contributed by atoms with E-state index in [0.717, 1.165) is 27.4 Å². The van der Waals surface area contributed by atoms with Gasteiger partial charge >= 0.3 is 0 Å². The maximum Gasteiger partial charge on any atom is 0.255 e. The van der Waals surface area contributed by atoms with Gasteiger partial charge in [0.25, 0.3) is 5.91 Å². The minimum Gasteiger partial charge on any atom is -0.328 e. The summed E-state index contributed by atoms with van der Waals surface area (Å²) in [6.07, 6.45) is 3.45. The Bertz CT molecular complexity index is 1280. The predicted molar refractivity (Wildman–Crippen MR) is 122 cm³/mol. The normalized spacial score (nSPS) is 15.4. The maximum absolute atomic E-state index is 13.4. The predicted octanol–water partition coefficient (Wildman–Crippen LogP) is 4.64. The average Bonchev–Trinajstić information content (AvgIpc) is 3.40. The summed E-state index contributed by atoms with van der Waals surface area (Å²) >= 11 is 1.61. The molecule has 0 radical (unpaired) electrons. The Balaban J connectivity index is 1.61. The summed E-state index contributed by atoms with van der Waals surface area (Å²) < 4.78 is 1.80. The van der Waals surface area contributed by atoms with Crippen LogP contribution in [0.1, 0.15) is 23.4 Å². The summed E-state index contributed by atoms with van der Waals surface area (Å²) in [6, 6.07) is 14.9. The van der Waals surface area contributed by atoms with Crippen LogP contribution in [0.25, 0.3) is 11.4 Å². The molecule has 31 heavy (non-hydrogen) atoms. The molecular weight excluding hydrogens is 408 g/mol. The van der Waals surface area contributed by atoms with Crippen LogP contribution < -0.4 is 10.6 Å². The summed E-state index contributed by atoms with van der Waals surface area (Å²) in [6.45, 7) is 3.95. The Hall–Kier alpha value is -3.78. The smallest absolute Gasteiger partial charge is 0.255 e. The lowest BCUT2D eigenvalue weighted by atomic mass is 9.99. The van der Waals surface area contributed by atoms with Crippen molar-refractivity contribution in [1.82, 2.24) is 19.7 Å². The number of thiophene rings is 1. The highest BCUT2D eigenvalue weighted by atomic mass is 32.1. The second kappa shape index (κ2) is 7.81. The molecule has 5 rings (SSSR count). The van der Waals surface area contributed by atoms with Gasteiger partial charge in [0, 0.05) is 34.2 Å². The molecule has 2 N–H and O–H groups in total. The zero-order chi connectivity index (χ0) is 21.4. The van der Waals surface area contributed by atoms with Gasteiger partial charge in [-0.15, -0.1) is 16.4 Å². The van der Waals surface area contributed by atoms with E-state index in [-0.39, 0.29) is 11.9 Å². The first-order valence-corrected chi connectivity index (χ1v) is 10.7. The lowest BCUT2D eigenvalue weighted by molar-refractivity contribution is -0.113. The van der Waals surface area contributed by atoms with Gasteiger partial charge in [0.05, 0.1) is 5.57 Å². The summed E-state index contributed by atoms with van der Waals surface area (Å²) in [7, 11) is 0. The van der Waals surface area contributed by atoms with E-state index in [1.807, 2.05) is 54.8 Å².